The Morgan fingerprint density at radius 2 is 1.92 bits per heavy atom. The first-order valence-corrected chi connectivity index (χ1v) is 8.92. The van der Waals surface area contributed by atoms with Crippen molar-refractivity contribution < 1.29 is 14.3 Å². The molecule has 0 fully saturated rings. The fourth-order valence-corrected chi connectivity index (χ4v) is 3.06. The van der Waals surface area contributed by atoms with Gasteiger partial charge in [0.25, 0.3) is 5.91 Å². The van der Waals surface area contributed by atoms with Crippen LogP contribution in [-0.4, -0.2) is 46.5 Å². The SMILES string of the molecule is CCCN(CCOc1c(Cl)cc(Cl)cc1Cl)C(=O)NC(=O)c1ncc[nH]1. The van der Waals surface area contributed by atoms with Crippen LogP contribution in [0.1, 0.15) is 24.0 Å². The van der Waals surface area contributed by atoms with E-state index in [1.807, 2.05) is 6.92 Å². The number of aromatic amines is 1. The van der Waals surface area contributed by atoms with Crippen LogP contribution < -0.4 is 10.1 Å². The summed E-state index contributed by atoms with van der Waals surface area (Å²) in [6.07, 6.45) is 3.64. The third-order valence-electron chi connectivity index (χ3n) is 3.29. The van der Waals surface area contributed by atoms with Gasteiger partial charge in [-0.2, -0.15) is 0 Å². The van der Waals surface area contributed by atoms with Crippen molar-refractivity contribution in [3.8, 4) is 5.75 Å². The second kappa shape index (κ2) is 9.66. The Hall–Kier alpha value is -1.96. The maximum absolute atomic E-state index is 12.3. The highest BCUT2D eigenvalue weighted by molar-refractivity contribution is 6.40. The Kier molecular flexibility index (Phi) is 7.56. The van der Waals surface area contributed by atoms with Gasteiger partial charge < -0.3 is 14.6 Å². The number of aromatic nitrogens is 2. The average molecular weight is 420 g/mol. The molecule has 0 spiro atoms. The molecule has 0 saturated carbocycles. The molecular formula is C16H17Cl3N4O3. The number of carbonyl (C=O) groups excluding carboxylic acids is 2. The molecule has 0 radical (unpaired) electrons. The zero-order valence-corrected chi connectivity index (χ0v) is 16.2. The van der Waals surface area contributed by atoms with Gasteiger partial charge in [-0.3, -0.25) is 10.1 Å². The van der Waals surface area contributed by atoms with E-state index in [9.17, 15) is 9.59 Å². The molecule has 1 heterocycles. The molecule has 0 aliphatic rings. The second-order valence-electron chi connectivity index (χ2n) is 5.23. The molecule has 0 aliphatic heterocycles. The zero-order chi connectivity index (χ0) is 19.1. The minimum absolute atomic E-state index is 0.0609. The van der Waals surface area contributed by atoms with E-state index in [0.717, 1.165) is 0 Å². The average Bonchev–Trinajstić information content (AvgIpc) is 3.10. The van der Waals surface area contributed by atoms with Crippen LogP contribution in [0.3, 0.4) is 0 Å². The summed E-state index contributed by atoms with van der Waals surface area (Å²) in [5.74, 6) is -0.252. The van der Waals surface area contributed by atoms with E-state index in [0.29, 0.717) is 23.7 Å². The van der Waals surface area contributed by atoms with Crippen molar-refractivity contribution in [1.82, 2.24) is 20.2 Å². The number of nitrogens with one attached hydrogen (secondary N) is 2. The smallest absolute Gasteiger partial charge is 0.324 e. The van der Waals surface area contributed by atoms with Gasteiger partial charge in [0.15, 0.2) is 11.6 Å². The minimum atomic E-state index is -0.606. The monoisotopic (exact) mass is 418 g/mol. The van der Waals surface area contributed by atoms with Gasteiger partial charge in [0.2, 0.25) is 0 Å². The number of H-pyrrole nitrogens is 1. The van der Waals surface area contributed by atoms with Crippen molar-refractivity contribution >= 4 is 46.7 Å². The maximum atomic E-state index is 12.3. The molecule has 3 amide bonds. The van der Waals surface area contributed by atoms with E-state index in [1.54, 1.807) is 0 Å². The van der Waals surface area contributed by atoms with Crippen LogP contribution in [-0.2, 0) is 0 Å². The molecule has 7 nitrogen and oxygen atoms in total. The number of urea groups is 1. The van der Waals surface area contributed by atoms with Gasteiger partial charge in [-0.25, -0.2) is 9.78 Å². The van der Waals surface area contributed by atoms with Crippen LogP contribution in [0, 0.1) is 0 Å². The van der Waals surface area contributed by atoms with Crippen LogP contribution in [0.2, 0.25) is 15.1 Å². The molecule has 2 rings (SSSR count). The first-order chi connectivity index (χ1) is 12.4. The predicted octanol–water partition coefficient (Wildman–Crippen LogP) is 4.01. The Bertz CT molecular complexity index is 745. The van der Waals surface area contributed by atoms with Crippen molar-refractivity contribution in [3.63, 3.8) is 0 Å². The number of amides is 3. The van der Waals surface area contributed by atoms with Gasteiger partial charge >= 0.3 is 6.03 Å². The Morgan fingerprint density at radius 1 is 1.23 bits per heavy atom. The molecule has 2 N–H and O–H groups in total. The number of halogens is 3. The fraction of sp³-hybridized carbons (Fsp3) is 0.312. The lowest BCUT2D eigenvalue weighted by Gasteiger charge is -2.22. The van der Waals surface area contributed by atoms with Gasteiger partial charge in [-0.15, -0.1) is 0 Å². The van der Waals surface area contributed by atoms with Gasteiger partial charge in [0.05, 0.1) is 16.6 Å². The van der Waals surface area contributed by atoms with Gasteiger partial charge in [0.1, 0.15) is 6.61 Å². The number of imide groups is 1. The molecule has 1 aromatic heterocycles. The third kappa shape index (κ3) is 5.52. The number of rotatable bonds is 7. The van der Waals surface area contributed by atoms with E-state index in [4.69, 9.17) is 39.5 Å². The lowest BCUT2D eigenvalue weighted by Crippen LogP contribution is -2.45. The van der Waals surface area contributed by atoms with Crippen LogP contribution in [0.5, 0.6) is 5.75 Å². The first-order valence-electron chi connectivity index (χ1n) is 7.79. The molecule has 10 heteroatoms. The number of hydrogen-bond donors (Lipinski definition) is 2. The summed E-state index contributed by atoms with van der Waals surface area (Å²) in [4.78, 5) is 32.1. The Labute approximate surface area is 165 Å². The molecular weight excluding hydrogens is 403 g/mol. The molecule has 1 aromatic carbocycles. The van der Waals surface area contributed by atoms with E-state index in [-0.39, 0.29) is 29.0 Å². The van der Waals surface area contributed by atoms with E-state index < -0.39 is 11.9 Å². The topological polar surface area (TPSA) is 87.3 Å². The lowest BCUT2D eigenvalue weighted by atomic mass is 10.3. The normalized spacial score (nSPS) is 10.5. The van der Waals surface area contributed by atoms with Crippen LogP contribution in [0.4, 0.5) is 4.79 Å². The van der Waals surface area contributed by atoms with Gasteiger partial charge in [-0.05, 0) is 18.6 Å². The van der Waals surface area contributed by atoms with Crippen molar-refractivity contribution in [2.75, 3.05) is 19.7 Å². The van der Waals surface area contributed by atoms with Gasteiger partial charge in [0, 0.05) is 24.0 Å². The van der Waals surface area contributed by atoms with Crippen LogP contribution in [0.15, 0.2) is 24.5 Å². The highest BCUT2D eigenvalue weighted by Gasteiger charge is 2.18. The van der Waals surface area contributed by atoms with Crippen molar-refractivity contribution in [3.05, 3.63) is 45.4 Å². The van der Waals surface area contributed by atoms with Gasteiger partial charge in [-0.1, -0.05) is 41.7 Å². The summed E-state index contributed by atoms with van der Waals surface area (Å²) >= 11 is 18.0. The molecule has 26 heavy (non-hydrogen) atoms. The summed E-state index contributed by atoms with van der Waals surface area (Å²) < 4.78 is 5.58. The highest BCUT2D eigenvalue weighted by atomic mass is 35.5. The molecule has 140 valence electrons. The van der Waals surface area contributed by atoms with Crippen LogP contribution >= 0.6 is 34.8 Å². The number of ether oxygens (including phenoxy) is 1. The van der Waals surface area contributed by atoms with Crippen molar-refractivity contribution in [2.45, 2.75) is 13.3 Å². The quantitative estimate of drug-likeness (QED) is 0.710. The summed E-state index contributed by atoms with van der Waals surface area (Å²) in [6.45, 7) is 2.74. The minimum Gasteiger partial charge on any atom is -0.489 e. The summed E-state index contributed by atoms with van der Waals surface area (Å²) in [6, 6.07) is 2.50. The first kappa shape index (κ1) is 20.4. The van der Waals surface area contributed by atoms with Crippen molar-refractivity contribution in [2.24, 2.45) is 0 Å². The van der Waals surface area contributed by atoms with E-state index >= 15 is 0 Å². The molecule has 2 aromatic rings. The largest absolute Gasteiger partial charge is 0.489 e. The second-order valence-corrected chi connectivity index (χ2v) is 6.48. The van der Waals surface area contributed by atoms with Crippen molar-refractivity contribution in [1.29, 1.82) is 0 Å². The number of carbonyl (C=O) groups is 2. The standard InChI is InChI=1S/C16H17Cl3N4O3/c1-2-5-23(16(25)22-15(24)14-20-3-4-21-14)6-7-26-13-11(18)8-10(17)9-12(13)19/h3-4,8-9H,2,5-7H2,1H3,(H,20,21)(H,22,24,25). The molecule has 0 aliphatic carbocycles. The maximum Gasteiger partial charge on any atom is 0.324 e. The number of hydrogen-bond acceptors (Lipinski definition) is 4. The van der Waals surface area contributed by atoms with E-state index in [2.05, 4.69) is 15.3 Å². The molecule has 0 atom stereocenters. The highest BCUT2D eigenvalue weighted by Crippen LogP contribution is 2.35. The number of imidazole rings is 1. The number of nitrogens with zero attached hydrogens (tertiary/aromatic N) is 2. The summed E-state index contributed by atoms with van der Waals surface area (Å²) in [7, 11) is 0. The molecule has 0 saturated heterocycles. The van der Waals surface area contributed by atoms with E-state index in [1.165, 1.54) is 29.4 Å². The molecule has 0 bridgehead atoms. The lowest BCUT2D eigenvalue weighted by molar-refractivity contribution is 0.0939. The number of benzene rings is 1. The molecule has 0 unspecified atom stereocenters. The van der Waals surface area contributed by atoms with Crippen LogP contribution in [0.25, 0.3) is 0 Å². The Morgan fingerprint density at radius 3 is 2.50 bits per heavy atom. The fourth-order valence-electron chi connectivity index (χ4n) is 2.13. The third-order valence-corrected chi connectivity index (χ3v) is 4.06. The summed E-state index contributed by atoms with van der Waals surface area (Å²) in [5.41, 5.74) is 0. The zero-order valence-electron chi connectivity index (χ0n) is 13.9. The predicted molar refractivity (Wildman–Crippen MR) is 100 cm³/mol. The Balaban J connectivity index is 1.93. The summed E-state index contributed by atoms with van der Waals surface area (Å²) in [5, 5.41) is 3.23.